The van der Waals surface area contributed by atoms with Crippen LogP contribution in [0.3, 0.4) is 0 Å². The number of esters is 1. The zero-order valence-electron chi connectivity index (χ0n) is 19.1. The number of benzene rings is 2. The molecule has 1 heterocycles. The maximum absolute atomic E-state index is 12.5. The summed E-state index contributed by atoms with van der Waals surface area (Å²) >= 11 is 18.5. The van der Waals surface area contributed by atoms with Crippen LogP contribution in [0.15, 0.2) is 43.1 Å². The van der Waals surface area contributed by atoms with E-state index >= 15 is 0 Å². The Morgan fingerprint density at radius 1 is 1.12 bits per heavy atom. The lowest BCUT2D eigenvalue weighted by Crippen LogP contribution is -2.08. The number of H-pyrrole nitrogens is 1. The van der Waals surface area contributed by atoms with Gasteiger partial charge in [0, 0.05) is 46.7 Å². The van der Waals surface area contributed by atoms with E-state index in [-0.39, 0.29) is 0 Å². The number of anilines is 2. The molecule has 2 aromatic carbocycles. The summed E-state index contributed by atoms with van der Waals surface area (Å²) in [6, 6.07) is 8.85. The Morgan fingerprint density at radius 2 is 1.79 bits per heavy atom. The maximum Gasteiger partial charge on any atom is 0.354 e. The first-order valence-corrected chi connectivity index (χ1v) is 11.6. The minimum absolute atomic E-state index is 0.333. The van der Waals surface area contributed by atoms with E-state index in [1.165, 1.54) is 7.11 Å². The Bertz CT molecular complexity index is 1160. The predicted octanol–water partition coefficient (Wildman–Crippen LogP) is 7.45. The van der Waals surface area contributed by atoms with Gasteiger partial charge in [-0.05, 0) is 54.0 Å². The minimum atomic E-state index is -0.483. The van der Waals surface area contributed by atoms with E-state index in [1.807, 2.05) is 39.0 Å². The lowest BCUT2D eigenvalue weighted by molar-refractivity contribution is 0.0593. The number of rotatable bonds is 7. The highest BCUT2D eigenvalue weighted by Crippen LogP contribution is 2.37. The van der Waals surface area contributed by atoms with E-state index in [0.29, 0.717) is 55.1 Å². The van der Waals surface area contributed by atoms with Gasteiger partial charge in [-0.2, -0.15) is 0 Å². The van der Waals surface area contributed by atoms with Crippen molar-refractivity contribution in [2.75, 3.05) is 24.7 Å². The fraction of sp³-hybridized carbons (Fsp3) is 0.240. The molecule has 0 fully saturated rings. The zero-order chi connectivity index (χ0) is 24.7. The van der Waals surface area contributed by atoms with Crippen LogP contribution in [0.4, 0.5) is 11.4 Å². The van der Waals surface area contributed by atoms with Crippen LogP contribution in [0, 0.1) is 0 Å². The largest absolute Gasteiger partial charge is 0.464 e. The molecule has 0 amide bonds. The minimum Gasteiger partial charge on any atom is -0.464 e. The van der Waals surface area contributed by atoms with E-state index in [1.54, 1.807) is 18.3 Å². The number of aromatic amines is 1. The van der Waals surface area contributed by atoms with Gasteiger partial charge in [-0.15, -0.1) is 0 Å². The highest BCUT2D eigenvalue weighted by molar-refractivity contribution is 6.42. The van der Waals surface area contributed by atoms with Gasteiger partial charge in [0.2, 0.25) is 0 Å². The third kappa shape index (κ3) is 6.05. The summed E-state index contributed by atoms with van der Waals surface area (Å²) < 4.78 is 4.97. The summed E-state index contributed by atoms with van der Waals surface area (Å²) in [7, 11) is 1.34. The summed E-state index contributed by atoms with van der Waals surface area (Å²) in [6.07, 6.45) is 2.12. The van der Waals surface area contributed by atoms with Gasteiger partial charge in [0.1, 0.15) is 5.69 Å². The van der Waals surface area contributed by atoms with Crippen molar-refractivity contribution in [1.29, 1.82) is 0 Å². The normalized spacial score (nSPS) is 10.3. The summed E-state index contributed by atoms with van der Waals surface area (Å²) in [5.41, 5.74) is 11.4. The monoisotopic (exact) mass is 507 g/mol. The van der Waals surface area contributed by atoms with Crippen LogP contribution in [0.2, 0.25) is 15.1 Å². The molecular formula is C25H28Cl3N3O2. The highest BCUT2D eigenvalue weighted by Gasteiger charge is 2.22. The second-order valence-corrected chi connectivity index (χ2v) is 8.14. The fourth-order valence-electron chi connectivity index (χ4n) is 3.42. The number of nitrogens with one attached hydrogen (secondary N) is 2. The first-order chi connectivity index (χ1) is 15.8. The number of carbonyl (C=O) groups is 1. The van der Waals surface area contributed by atoms with Crippen molar-refractivity contribution in [2.24, 2.45) is 0 Å². The average Bonchev–Trinajstić information content (AvgIpc) is 3.22. The number of ether oxygens (including phenoxy) is 1. The Kier molecular flexibility index (Phi) is 9.71. The quantitative estimate of drug-likeness (QED) is 0.229. The van der Waals surface area contributed by atoms with Gasteiger partial charge in [-0.1, -0.05) is 55.2 Å². The van der Waals surface area contributed by atoms with E-state index in [0.717, 1.165) is 17.8 Å². The smallest absolute Gasteiger partial charge is 0.354 e. The number of aromatic nitrogens is 1. The Morgan fingerprint density at radius 3 is 2.42 bits per heavy atom. The van der Waals surface area contributed by atoms with Gasteiger partial charge < -0.3 is 20.8 Å². The van der Waals surface area contributed by atoms with Crippen LogP contribution in [0.1, 0.15) is 53.5 Å². The van der Waals surface area contributed by atoms with Crippen molar-refractivity contribution < 1.29 is 9.53 Å². The summed E-state index contributed by atoms with van der Waals surface area (Å²) in [5.74, 6) is -0.483. The van der Waals surface area contributed by atoms with Crippen LogP contribution in [-0.2, 0) is 11.2 Å². The van der Waals surface area contributed by atoms with Crippen LogP contribution in [0.25, 0.3) is 5.57 Å². The number of methoxy groups -OCH3 is 1. The number of hydrogen-bond donors (Lipinski definition) is 3. The molecule has 4 N–H and O–H groups in total. The third-order valence-corrected chi connectivity index (χ3v) is 5.88. The molecule has 5 nitrogen and oxygen atoms in total. The molecule has 0 aliphatic heterocycles. The molecular weight excluding hydrogens is 481 g/mol. The molecule has 0 aliphatic carbocycles. The van der Waals surface area contributed by atoms with Crippen molar-refractivity contribution >= 4 is 57.7 Å². The average molecular weight is 509 g/mol. The third-order valence-electron chi connectivity index (χ3n) is 4.92. The van der Waals surface area contributed by atoms with E-state index in [2.05, 4.69) is 16.9 Å². The molecule has 0 atom stereocenters. The van der Waals surface area contributed by atoms with Crippen molar-refractivity contribution in [3.63, 3.8) is 0 Å². The van der Waals surface area contributed by atoms with Crippen molar-refractivity contribution in [3.8, 4) is 0 Å². The first kappa shape index (κ1) is 26.7. The molecule has 3 rings (SSSR count). The molecule has 8 heteroatoms. The molecule has 0 unspecified atom stereocenters. The zero-order valence-corrected chi connectivity index (χ0v) is 21.4. The van der Waals surface area contributed by atoms with Gasteiger partial charge in [0.25, 0.3) is 0 Å². The number of nitrogen functional groups attached to an aromatic ring is 1. The highest BCUT2D eigenvalue weighted by atomic mass is 35.5. The molecule has 176 valence electrons. The molecule has 33 heavy (non-hydrogen) atoms. The Labute approximate surface area is 209 Å². The van der Waals surface area contributed by atoms with E-state index in [9.17, 15) is 4.79 Å². The predicted molar refractivity (Wildman–Crippen MR) is 141 cm³/mol. The van der Waals surface area contributed by atoms with Gasteiger partial charge in [-0.25, -0.2) is 4.79 Å². The van der Waals surface area contributed by atoms with Crippen molar-refractivity contribution in [2.45, 2.75) is 27.2 Å². The Hall–Kier alpha value is -2.60. The summed E-state index contributed by atoms with van der Waals surface area (Å²) in [4.78, 5) is 15.5. The molecule has 0 aliphatic rings. The van der Waals surface area contributed by atoms with Crippen molar-refractivity contribution in [3.05, 3.63) is 86.1 Å². The first-order valence-electron chi connectivity index (χ1n) is 10.5. The van der Waals surface area contributed by atoms with Crippen LogP contribution in [-0.4, -0.2) is 24.6 Å². The van der Waals surface area contributed by atoms with Crippen LogP contribution >= 0.6 is 34.8 Å². The van der Waals surface area contributed by atoms with Gasteiger partial charge in [0.15, 0.2) is 0 Å². The number of hydrogen-bond acceptors (Lipinski definition) is 4. The van der Waals surface area contributed by atoms with Gasteiger partial charge in [-0.3, -0.25) is 0 Å². The van der Waals surface area contributed by atoms with Crippen LogP contribution in [0.5, 0.6) is 0 Å². The Balaban J connectivity index is 0.00000187. The van der Waals surface area contributed by atoms with E-state index in [4.69, 9.17) is 45.3 Å². The second-order valence-electron chi connectivity index (χ2n) is 6.89. The second kappa shape index (κ2) is 12.0. The number of carbonyl (C=O) groups excluding carboxylic acids is 1. The lowest BCUT2D eigenvalue weighted by Gasteiger charge is -2.15. The molecule has 0 bridgehead atoms. The van der Waals surface area contributed by atoms with Crippen LogP contribution < -0.4 is 11.1 Å². The van der Waals surface area contributed by atoms with Gasteiger partial charge in [0.05, 0.1) is 17.2 Å². The molecule has 0 saturated heterocycles. The standard InChI is InChI=1S/C23H22Cl3N3O2.C2H6/c1-4-28-21-6-5-14(24)7-13(21)8-16-17(11-29-22(16)23(30)31-3)12(2)15-9-18(25)19(26)10-20(15)27;1-2/h5-7,9-11,28-29H,2,4,8,27H2,1,3H3;1-2H3. The topological polar surface area (TPSA) is 80.1 Å². The molecule has 0 saturated carbocycles. The number of nitrogens with two attached hydrogens (primary N) is 1. The molecule has 0 spiro atoms. The fourth-order valence-corrected chi connectivity index (χ4v) is 3.95. The molecule has 3 aromatic rings. The molecule has 1 aromatic heterocycles. The SMILES string of the molecule is C=C(c1cc(Cl)c(Cl)cc1N)c1c[nH]c(C(=O)OC)c1Cc1cc(Cl)ccc1NCC.CC. The van der Waals surface area contributed by atoms with Crippen molar-refractivity contribution in [1.82, 2.24) is 4.98 Å². The lowest BCUT2D eigenvalue weighted by atomic mass is 9.92. The summed E-state index contributed by atoms with van der Waals surface area (Å²) in [6.45, 7) is 11.0. The molecule has 0 radical (unpaired) electrons. The van der Waals surface area contributed by atoms with Gasteiger partial charge >= 0.3 is 5.97 Å². The summed E-state index contributed by atoms with van der Waals surface area (Å²) in [5, 5.41) is 4.64. The maximum atomic E-state index is 12.5. The van der Waals surface area contributed by atoms with E-state index < -0.39 is 5.97 Å². The number of halogens is 3.